The van der Waals surface area contributed by atoms with Crippen molar-refractivity contribution in [3.05, 3.63) is 29.3 Å². The maximum atomic E-state index is 11.5. The summed E-state index contributed by atoms with van der Waals surface area (Å²) in [6, 6.07) is 5.89. The maximum Gasteiger partial charge on any atom is 0.328 e. The Balaban J connectivity index is 0.00000400. The van der Waals surface area contributed by atoms with E-state index in [1.807, 2.05) is 52.8 Å². The molecule has 6 heteroatoms. The van der Waals surface area contributed by atoms with Gasteiger partial charge in [0.2, 0.25) is 0 Å². The predicted octanol–water partition coefficient (Wildman–Crippen LogP) is 2.99. The molecule has 0 unspecified atom stereocenters. The molecule has 0 bridgehead atoms. The van der Waals surface area contributed by atoms with Gasteiger partial charge in [0.1, 0.15) is 12.1 Å². The molecule has 0 atom stereocenters. The molecule has 3 N–H and O–H groups in total. The molecule has 0 saturated carbocycles. The summed E-state index contributed by atoms with van der Waals surface area (Å²) in [6.07, 6.45) is 0. The van der Waals surface area contributed by atoms with Gasteiger partial charge in [0.25, 0.3) is 0 Å². The number of ether oxygens (including phenoxy) is 1. The summed E-state index contributed by atoms with van der Waals surface area (Å²) in [6.45, 7) is 9.40. The first-order valence-corrected chi connectivity index (χ1v) is 6.53. The van der Waals surface area contributed by atoms with Gasteiger partial charge in [-0.1, -0.05) is 6.07 Å². The van der Waals surface area contributed by atoms with Gasteiger partial charge in [-0.05, 0) is 57.9 Å². The standard InChI is InChI=1S/C15H23N3O2.HI/c1-10-6-7-12(8-11(10)2)18-14(16)17-9-13(19)20-15(3,4)5;/h6-8H,9H2,1-5H3,(H3,16,17,18);1H. The van der Waals surface area contributed by atoms with E-state index in [1.165, 1.54) is 5.56 Å². The molecule has 0 heterocycles. The lowest BCUT2D eigenvalue weighted by Gasteiger charge is -2.18. The van der Waals surface area contributed by atoms with E-state index in [-0.39, 0.29) is 36.5 Å². The molecule has 5 nitrogen and oxygen atoms in total. The Labute approximate surface area is 143 Å². The summed E-state index contributed by atoms with van der Waals surface area (Å²) < 4.78 is 5.14. The van der Waals surface area contributed by atoms with E-state index in [2.05, 4.69) is 10.3 Å². The van der Waals surface area contributed by atoms with Crippen LogP contribution in [0.1, 0.15) is 31.9 Å². The highest BCUT2D eigenvalue weighted by Gasteiger charge is 2.15. The third-order valence-electron chi connectivity index (χ3n) is 2.58. The molecular weight excluding hydrogens is 381 g/mol. The number of hydrogen-bond acceptors (Lipinski definition) is 3. The van der Waals surface area contributed by atoms with E-state index < -0.39 is 11.6 Å². The van der Waals surface area contributed by atoms with E-state index >= 15 is 0 Å². The number of nitrogens with one attached hydrogen (secondary N) is 1. The number of aliphatic imine (C=N–C) groups is 1. The van der Waals surface area contributed by atoms with Gasteiger partial charge < -0.3 is 15.8 Å². The largest absolute Gasteiger partial charge is 0.459 e. The average molecular weight is 405 g/mol. The Hall–Kier alpha value is -1.31. The second-order valence-corrected chi connectivity index (χ2v) is 5.71. The zero-order valence-corrected chi connectivity index (χ0v) is 15.5. The number of hydrogen-bond donors (Lipinski definition) is 2. The molecule has 1 aromatic rings. The highest BCUT2D eigenvalue weighted by molar-refractivity contribution is 14.0. The molecule has 0 amide bonds. The van der Waals surface area contributed by atoms with Crippen molar-refractivity contribution in [3.63, 3.8) is 0 Å². The lowest BCUT2D eigenvalue weighted by atomic mass is 10.1. The van der Waals surface area contributed by atoms with Crippen LogP contribution in [-0.4, -0.2) is 24.1 Å². The number of halogens is 1. The summed E-state index contributed by atoms with van der Waals surface area (Å²) in [5.41, 5.74) is 8.44. The third kappa shape index (κ3) is 7.89. The lowest BCUT2D eigenvalue weighted by molar-refractivity contribution is -0.152. The highest BCUT2D eigenvalue weighted by atomic mass is 127. The van der Waals surface area contributed by atoms with Crippen LogP contribution in [-0.2, 0) is 9.53 Å². The zero-order chi connectivity index (χ0) is 15.3. The van der Waals surface area contributed by atoms with Gasteiger partial charge in [-0.2, -0.15) is 0 Å². The van der Waals surface area contributed by atoms with Crippen molar-refractivity contribution in [3.8, 4) is 0 Å². The topological polar surface area (TPSA) is 76.7 Å². The van der Waals surface area contributed by atoms with Crippen molar-refractivity contribution < 1.29 is 9.53 Å². The van der Waals surface area contributed by atoms with Crippen LogP contribution >= 0.6 is 24.0 Å². The number of nitrogens with zero attached hydrogens (tertiary/aromatic N) is 1. The molecule has 1 rings (SSSR count). The Morgan fingerprint density at radius 3 is 2.43 bits per heavy atom. The molecule has 0 radical (unpaired) electrons. The van der Waals surface area contributed by atoms with Crippen LogP contribution in [0.5, 0.6) is 0 Å². The number of guanidine groups is 1. The highest BCUT2D eigenvalue weighted by Crippen LogP contribution is 2.13. The Kier molecular flexibility index (Phi) is 7.70. The molecule has 1 aromatic carbocycles. The molecule has 0 aliphatic heterocycles. The monoisotopic (exact) mass is 405 g/mol. The summed E-state index contributed by atoms with van der Waals surface area (Å²) in [4.78, 5) is 15.5. The van der Waals surface area contributed by atoms with E-state index in [9.17, 15) is 4.79 Å². The van der Waals surface area contributed by atoms with Crippen LogP contribution in [0, 0.1) is 13.8 Å². The number of carbonyl (C=O) groups is 1. The number of rotatable bonds is 3. The minimum absolute atomic E-state index is 0. The minimum atomic E-state index is -0.511. The number of benzene rings is 1. The molecule has 0 fully saturated rings. The molecule has 0 aromatic heterocycles. The van der Waals surface area contributed by atoms with Crippen molar-refractivity contribution in [2.24, 2.45) is 10.7 Å². The molecule has 118 valence electrons. The maximum absolute atomic E-state index is 11.5. The van der Waals surface area contributed by atoms with Crippen LogP contribution in [0.15, 0.2) is 23.2 Å². The molecule has 0 spiro atoms. The van der Waals surface area contributed by atoms with Gasteiger partial charge in [-0.15, -0.1) is 24.0 Å². The van der Waals surface area contributed by atoms with E-state index in [1.54, 1.807) is 0 Å². The van der Waals surface area contributed by atoms with Crippen LogP contribution in [0.25, 0.3) is 0 Å². The van der Waals surface area contributed by atoms with E-state index in [0.29, 0.717) is 0 Å². The van der Waals surface area contributed by atoms with Crippen molar-refractivity contribution >= 4 is 41.6 Å². The number of anilines is 1. The molecule has 0 aliphatic carbocycles. The summed E-state index contributed by atoms with van der Waals surface area (Å²) in [5.74, 6) is -0.207. The van der Waals surface area contributed by atoms with Gasteiger partial charge in [0.05, 0.1) is 0 Å². The van der Waals surface area contributed by atoms with Crippen molar-refractivity contribution in [1.82, 2.24) is 0 Å². The Morgan fingerprint density at radius 2 is 1.90 bits per heavy atom. The van der Waals surface area contributed by atoms with Crippen LogP contribution in [0.4, 0.5) is 5.69 Å². The van der Waals surface area contributed by atoms with Crippen LogP contribution in [0.3, 0.4) is 0 Å². The summed E-state index contributed by atoms with van der Waals surface area (Å²) >= 11 is 0. The van der Waals surface area contributed by atoms with E-state index in [0.717, 1.165) is 11.3 Å². The van der Waals surface area contributed by atoms with Gasteiger partial charge in [0.15, 0.2) is 5.96 Å². The second kappa shape index (κ2) is 8.21. The van der Waals surface area contributed by atoms with Crippen LogP contribution < -0.4 is 11.1 Å². The molecule has 21 heavy (non-hydrogen) atoms. The third-order valence-corrected chi connectivity index (χ3v) is 2.58. The van der Waals surface area contributed by atoms with Gasteiger partial charge in [0, 0.05) is 5.69 Å². The van der Waals surface area contributed by atoms with Crippen molar-refractivity contribution in [1.29, 1.82) is 0 Å². The number of esters is 1. The van der Waals surface area contributed by atoms with Gasteiger partial charge >= 0.3 is 5.97 Å². The normalized spacial score (nSPS) is 11.6. The first kappa shape index (κ1) is 19.7. The summed E-state index contributed by atoms with van der Waals surface area (Å²) in [5, 5.41) is 2.95. The quantitative estimate of drug-likeness (QED) is 0.351. The fourth-order valence-corrected chi connectivity index (χ4v) is 1.53. The van der Waals surface area contributed by atoms with Crippen molar-refractivity contribution in [2.45, 2.75) is 40.2 Å². The molecule has 0 aliphatic rings. The van der Waals surface area contributed by atoms with E-state index in [4.69, 9.17) is 10.5 Å². The zero-order valence-electron chi connectivity index (χ0n) is 13.2. The smallest absolute Gasteiger partial charge is 0.328 e. The molecule has 0 saturated heterocycles. The minimum Gasteiger partial charge on any atom is -0.459 e. The predicted molar refractivity (Wildman–Crippen MR) is 97.3 cm³/mol. The summed E-state index contributed by atoms with van der Waals surface area (Å²) in [7, 11) is 0. The average Bonchev–Trinajstić information content (AvgIpc) is 2.29. The Bertz CT molecular complexity index is 522. The number of nitrogens with two attached hydrogens (primary N) is 1. The second-order valence-electron chi connectivity index (χ2n) is 5.71. The SMILES string of the molecule is Cc1ccc(NC(N)=NCC(=O)OC(C)(C)C)cc1C.I. The van der Waals surface area contributed by atoms with Gasteiger partial charge in [-0.3, -0.25) is 4.79 Å². The molecular formula is C15H24IN3O2. The lowest BCUT2D eigenvalue weighted by Crippen LogP contribution is -2.28. The Morgan fingerprint density at radius 1 is 1.29 bits per heavy atom. The number of carbonyl (C=O) groups excluding carboxylic acids is 1. The number of aryl methyl sites for hydroxylation is 2. The van der Waals surface area contributed by atoms with Crippen molar-refractivity contribution in [2.75, 3.05) is 11.9 Å². The fourth-order valence-electron chi connectivity index (χ4n) is 1.53. The first-order valence-electron chi connectivity index (χ1n) is 6.53. The first-order chi connectivity index (χ1) is 9.17. The van der Waals surface area contributed by atoms with Crippen LogP contribution in [0.2, 0.25) is 0 Å². The van der Waals surface area contributed by atoms with Gasteiger partial charge in [-0.25, -0.2) is 4.99 Å². The fraction of sp³-hybridized carbons (Fsp3) is 0.467.